The van der Waals surface area contributed by atoms with E-state index >= 15 is 0 Å². The largest absolute Gasteiger partial charge is 0.452 e. The summed E-state index contributed by atoms with van der Waals surface area (Å²) in [7, 11) is 0. The molecule has 0 spiro atoms. The van der Waals surface area contributed by atoms with Crippen LogP contribution in [0.2, 0.25) is 0 Å². The normalized spacial score (nSPS) is 14.5. The van der Waals surface area contributed by atoms with Crippen molar-refractivity contribution in [2.45, 2.75) is 52.5 Å². The van der Waals surface area contributed by atoms with E-state index in [9.17, 15) is 14.4 Å². The van der Waals surface area contributed by atoms with Crippen LogP contribution in [0.15, 0.2) is 18.2 Å². The molecule has 6 heteroatoms. The van der Waals surface area contributed by atoms with Gasteiger partial charge in [0.2, 0.25) is 5.91 Å². The number of amides is 2. The topological polar surface area (TPSA) is 84.5 Å². The fourth-order valence-electron chi connectivity index (χ4n) is 2.70. The lowest BCUT2D eigenvalue weighted by atomic mass is 10.0. The highest BCUT2D eigenvalue weighted by atomic mass is 16.5. The summed E-state index contributed by atoms with van der Waals surface area (Å²) in [5.41, 5.74) is 2.01. The van der Waals surface area contributed by atoms with Gasteiger partial charge >= 0.3 is 5.97 Å². The van der Waals surface area contributed by atoms with Crippen LogP contribution in [0.3, 0.4) is 0 Å². The van der Waals surface area contributed by atoms with E-state index in [0.717, 1.165) is 24.1 Å². The first-order valence-corrected chi connectivity index (χ1v) is 8.74. The van der Waals surface area contributed by atoms with Gasteiger partial charge in [0.25, 0.3) is 5.91 Å². The molecule has 2 amide bonds. The Bertz CT molecular complexity index is 655. The lowest BCUT2D eigenvalue weighted by Crippen LogP contribution is -2.36. The van der Waals surface area contributed by atoms with Crippen LogP contribution in [0.25, 0.3) is 0 Å². The fraction of sp³-hybridized carbons (Fsp3) is 0.526. The molecule has 25 heavy (non-hydrogen) atoms. The van der Waals surface area contributed by atoms with Gasteiger partial charge in [-0.1, -0.05) is 13.8 Å². The lowest BCUT2D eigenvalue weighted by Gasteiger charge is -2.17. The molecule has 1 heterocycles. The smallest absolute Gasteiger partial charge is 0.338 e. The molecule has 2 rings (SSSR count). The van der Waals surface area contributed by atoms with Crippen molar-refractivity contribution < 1.29 is 19.1 Å². The molecule has 6 nitrogen and oxygen atoms in total. The Morgan fingerprint density at radius 3 is 2.68 bits per heavy atom. The van der Waals surface area contributed by atoms with Crippen LogP contribution in [0.5, 0.6) is 0 Å². The zero-order valence-electron chi connectivity index (χ0n) is 15.1. The molecule has 0 radical (unpaired) electrons. The molecule has 0 bridgehead atoms. The maximum atomic E-state index is 12.1. The first kappa shape index (κ1) is 19.0. The van der Waals surface area contributed by atoms with Crippen LogP contribution >= 0.6 is 0 Å². The number of hydrogen-bond acceptors (Lipinski definition) is 4. The van der Waals surface area contributed by atoms with Crippen LogP contribution in [-0.4, -0.2) is 30.4 Å². The van der Waals surface area contributed by atoms with Crippen molar-refractivity contribution in [3.05, 3.63) is 29.3 Å². The summed E-state index contributed by atoms with van der Waals surface area (Å²) >= 11 is 0. The number of esters is 1. The minimum absolute atomic E-state index is 0.0221. The molecular weight excluding hydrogens is 320 g/mol. The third-order valence-corrected chi connectivity index (χ3v) is 4.16. The maximum absolute atomic E-state index is 12.1. The average molecular weight is 346 g/mol. The van der Waals surface area contributed by atoms with Crippen LogP contribution < -0.4 is 10.6 Å². The van der Waals surface area contributed by atoms with Crippen molar-refractivity contribution >= 4 is 23.5 Å². The summed E-state index contributed by atoms with van der Waals surface area (Å²) in [4.78, 5) is 35.3. The van der Waals surface area contributed by atoms with E-state index in [4.69, 9.17) is 4.74 Å². The number of anilines is 1. The van der Waals surface area contributed by atoms with Gasteiger partial charge in [-0.05, 0) is 55.9 Å². The van der Waals surface area contributed by atoms with E-state index < -0.39 is 5.97 Å². The summed E-state index contributed by atoms with van der Waals surface area (Å²) in [6, 6.07) is 5.05. The van der Waals surface area contributed by atoms with E-state index in [0.29, 0.717) is 24.3 Å². The van der Waals surface area contributed by atoms with Gasteiger partial charge in [0.1, 0.15) is 0 Å². The van der Waals surface area contributed by atoms with Gasteiger partial charge in [-0.3, -0.25) is 9.59 Å². The SMILES string of the molecule is CC(C)CCC(C)NC(=O)COC(=O)c1ccc2c(c1)CCC(=O)N2. The Morgan fingerprint density at radius 2 is 1.96 bits per heavy atom. The predicted molar refractivity (Wildman–Crippen MR) is 95.4 cm³/mol. The fourth-order valence-corrected chi connectivity index (χ4v) is 2.70. The van der Waals surface area contributed by atoms with E-state index in [1.807, 2.05) is 6.92 Å². The van der Waals surface area contributed by atoms with Crippen molar-refractivity contribution in [1.29, 1.82) is 0 Å². The van der Waals surface area contributed by atoms with E-state index in [1.54, 1.807) is 18.2 Å². The molecule has 0 fully saturated rings. The highest BCUT2D eigenvalue weighted by Gasteiger charge is 2.18. The number of carbonyl (C=O) groups is 3. The van der Waals surface area contributed by atoms with Crippen molar-refractivity contribution in [3.63, 3.8) is 0 Å². The Morgan fingerprint density at radius 1 is 1.20 bits per heavy atom. The summed E-state index contributed by atoms with van der Waals surface area (Å²) in [6.45, 7) is 5.93. The molecule has 0 aliphatic carbocycles. The number of nitrogens with one attached hydrogen (secondary N) is 2. The van der Waals surface area contributed by atoms with Gasteiger partial charge in [-0.2, -0.15) is 0 Å². The van der Waals surface area contributed by atoms with Gasteiger partial charge in [0.05, 0.1) is 5.56 Å². The van der Waals surface area contributed by atoms with Gasteiger partial charge in [-0.25, -0.2) is 4.79 Å². The van der Waals surface area contributed by atoms with Crippen molar-refractivity contribution in [1.82, 2.24) is 5.32 Å². The number of benzene rings is 1. The van der Waals surface area contributed by atoms with Crippen molar-refractivity contribution in [2.75, 3.05) is 11.9 Å². The Labute approximate surface area is 148 Å². The summed E-state index contributed by atoms with van der Waals surface area (Å²) in [5.74, 6) is -0.267. The standard InChI is InChI=1S/C19H26N2O4/c1-12(2)4-5-13(3)20-18(23)11-25-19(24)15-6-8-16-14(10-15)7-9-17(22)21-16/h6,8,10,12-13H,4-5,7,9,11H2,1-3H3,(H,20,23)(H,21,22). The van der Waals surface area contributed by atoms with Crippen LogP contribution in [0, 0.1) is 5.92 Å². The quantitative estimate of drug-likeness (QED) is 0.744. The van der Waals surface area contributed by atoms with E-state index in [2.05, 4.69) is 24.5 Å². The zero-order valence-corrected chi connectivity index (χ0v) is 15.1. The summed E-state index contributed by atoms with van der Waals surface area (Å²) < 4.78 is 5.09. The average Bonchev–Trinajstić information content (AvgIpc) is 2.57. The molecule has 1 aliphatic rings. The summed E-state index contributed by atoms with van der Waals surface area (Å²) in [5, 5.41) is 5.60. The molecule has 0 saturated heterocycles. The van der Waals surface area contributed by atoms with E-state index in [1.165, 1.54) is 0 Å². The lowest BCUT2D eigenvalue weighted by molar-refractivity contribution is -0.124. The third kappa shape index (κ3) is 5.89. The van der Waals surface area contributed by atoms with Crippen LogP contribution in [-0.2, 0) is 20.7 Å². The minimum Gasteiger partial charge on any atom is -0.452 e. The molecule has 1 aliphatic heterocycles. The predicted octanol–water partition coefficient (Wildman–Crippen LogP) is 2.67. The van der Waals surface area contributed by atoms with Crippen molar-refractivity contribution in [2.24, 2.45) is 5.92 Å². The highest BCUT2D eigenvalue weighted by Crippen LogP contribution is 2.23. The Kier molecular flexibility index (Phi) is 6.56. The number of carbonyl (C=O) groups excluding carboxylic acids is 3. The monoisotopic (exact) mass is 346 g/mol. The second-order valence-corrected chi connectivity index (χ2v) is 6.94. The molecule has 1 unspecified atom stereocenters. The number of hydrogen-bond donors (Lipinski definition) is 2. The van der Waals surface area contributed by atoms with E-state index in [-0.39, 0.29) is 24.5 Å². The Hall–Kier alpha value is -2.37. The second-order valence-electron chi connectivity index (χ2n) is 6.94. The maximum Gasteiger partial charge on any atom is 0.338 e. The highest BCUT2D eigenvalue weighted by molar-refractivity contribution is 5.96. The van der Waals surface area contributed by atoms with Gasteiger partial charge < -0.3 is 15.4 Å². The van der Waals surface area contributed by atoms with Crippen molar-refractivity contribution in [3.8, 4) is 0 Å². The minimum atomic E-state index is -0.537. The second kappa shape index (κ2) is 8.65. The number of fused-ring (bicyclic) bond motifs is 1. The molecule has 136 valence electrons. The molecule has 0 aromatic heterocycles. The zero-order chi connectivity index (χ0) is 18.4. The first-order chi connectivity index (χ1) is 11.8. The third-order valence-electron chi connectivity index (χ3n) is 4.16. The first-order valence-electron chi connectivity index (χ1n) is 8.74. The molecule has 1 aromatic carbocycles. The summed E-state index contributed by atoms with van der Waals surface area (Å²) in [6.07, 6.45) is 2.93. The molecule has 2 N–H and O–H groups in total. The number of rotatable bonds is 7. The number of aryl methyl sites for hydroxylation is 1. The molecule has 1 atom stereocenters. The molecule has 1 aromatic rings. The van der Waals surface area contributed by atoms with Gasteiger partial charge in [0.15, 0.2) is 6.61 Å². The van der Waals surface area contributed by atoms with Crippen LogP contribution in [0.1, 0.15) is 56.0 Å². The molecule has 0 saturated carbocycles. The van der Waals surface area contributed by atoms with Gasteiger partial charge in [0, 0.05) is 18.2 Å². The molecular formula is C19H26N2O4. The Balaban J connectivity index is 1.82. The van der Waals surface area contributed by atoms with Crippen LogP contribution in [0.4, 0.5) is 5.69 Å². The van der Waals surface area contributed by atoms with Gasteiger partial charge in [-0.15, -0.1) is 0 Å². The number of ether oxygens (including phenoxy) is 1.